The molecule has 0 aliphatic heterocycles. The molecule has 2 aromatic heterocycles. The number of aromatic nitrogens is 2. The van der Waals surface area contributed by atoms with E-state index in [9.17, 15) is 0 Å². The number of nitrogens with one attached hydrogen (secondary N) is 2. The van der Waals surface area contributed by atoms with Gasteiger partial charge in [0.25, 0.3) is 0 Å². The van der Waals surface area contributed by atoms with Crippen LogP contribution < -0.4 is 5.32 Å². The fraction of sp³-hybridized carbons (Fsp3) is 0.562. The Labute approximate surface area is 119 Å². The molecule has 0 atom stereocenters. The third-order valence-electron chi connectivity index (χ3n) is 4.04. The van der Waals surface area contributed by atoms with Crippen LogP contribution in [-0.2, 0) is 11.3 Å². The molecule has 1 aliphatic carbocycles. The summed E-state index contributed by atoms with van der Waals surface area (Å²) < 4.78 is 5.91. The average molecular weight is 273 g/mol. The van der Waals surface area contributed by atoms with E-state index >= 15 is 0 Å². The highest BCUT2D eigenvalue weighted by Crippen LogP contribution is 2.20. The molecule has 0 radical (unpaired) electrons. The lowest BCUT2D eigenvalue weighted by Crippen LogP contribution is -2.24. The second-order valence-electron chi connectivity index (χ2n) is 5.52. The van der Waals surface area contributed by atoms with Crippen LogP contribution in [0.2, 0.25) is 0 Å². The number of nitrogens with zero attached hydrogens (tertiary/aromatic N) is 1. The van der Waals surface area contributed by atoms with Gasteiger partial charge in [-0.1, -0.05) is 19.3 Å². The lowest BCUT2D eigenvalue weighted by Gasteiger charge is -2.22. The quantitative estimate of drug-likeness (QED) is 0.795. The molecule has 2 heterocycles. The van der Waals surface area contributed by atoms with Crippen molar-refractivity contribution >= 4 is 11.0 Å². The van der Waals surface area contributed by atoms with E-state index in [1.54, 1.807) is 0 Å². The van der Waals surface area contributed by atoms with Crippen LogP contribution in [0.4, 0.5) is 0 Å². The van der Waals surface area contributed by atoms with Crippen LogP contribution in [-0.4, -0.2) is 29.2 Å². The molecule has 3 rings (SSSR count). The molecule has 1 fully saturated rings. The smallest absolute Gasteiger partial charge is 0.137 e. The normalized spacial score (nSPS) is 16.8. The predicted octanol–water partition coefficient (Wildman–Crippen LogP) is 3.00. The van der Waals surface area contributed by atoms with Gasteiger partial charge in [0.15, 0.2) is 0 Å². The molecule has 0 aromatic carbocycles. The molecule has 0 amide bonds. The van der Waals surface area contributed by atoms with Gasteiger partial charge in [-0.15, -0.1) is 0 Å². The monoisotopic (exact) mass is 273 g/mol. The third-order valence-corrected chi connectivity index (χ3v) is 4.04. The van der Waals surface area contributed by atoms with E-state index in [1.807, 2.05) is 18.5 Å². The van der Waals surface area contributed by atoms with E-state index in [1.165, 1.54) is 43.1 Å². The molecule has 4 nitrogen and oxygen atoms in total. The first kappa shape index (κ1) is 13.6. The summed E-state index contributed by atoms with van der Waals surface area (Å²) in [5.74, 6) is 0. The fourth-order valence-electron chi connectivity index (χ4n) is 2.91. The lowest BCUT2D eigenvalue weighted by molar-refractivity contribution is 0.0302. The Morgan fingerprint density at radius 2 is 2.20 bits per heavy atom. The summed E-state index contributed by atoms with van der Waals surface area (Å²) in [5, 5.41) is 4.65. The van der Waals surface area contributed by atoms with Crippen molar-refractivity contribution in [1.82, 2.24) is 15.3 Å². The van der Waals surface area contributed by atoms with Gasteiger partial charge in [0.05, 0.1) is 12.7 Å². The molecule has 0 bridgehead atoms. The Morgan fingerprint density at radius 1 is 1.30 bits per heavy atom. The Hall–Kier alpha value is -1.39. The second-order valence-corrected chi connectivity index (χ2v) is 5.52. The van der Waals surface area contributed by atoms with Crippen LogP contribution >= 0.6 is 0 Å². The third kappa shape index (κ3) is 3.38. The average Bonchev–Trinajstić information content (AvgIpc) is 2.91. The van der Waals surface area contributed by atoms with E-state index in [4.69, 9.17) is 4.74 Å². The number of hydrogen-bond donors (Lipinski definition) is 2. The first-order valence-electron chi connectivity index (χ1n) is 7.67. The molecule has 2 aromatic rings. The van der Waals surface area contributed by atoms with Crippen molar-refractivity contribution in [2.75, 3.05) is 13.2 Å². The maximum atomic E-state index is 5.91. The van der Waals surface area contributed by atoms with Gasteiger partial charge in [-0.2, -0.15) is 0 Å². The molecule has 2 N–H and O–H groups in total. The van der Waals surface area contributed by atoms with Gasteiger partial charge < -0.3 is 15.0 Å². The van der Waals surface area contributed by atoms with E-state index in [-0.39, 0.29) is 0 Å². The maximum absolute atomic E-state index is 5.91. The zero-order chi connectivity index (χ0) is 13.6. The van der Waals surface area contributed by atoms with E-state index < -0.39 is 0 Å². The van der Waals surface area contributed by atoms with Crippen molar-refractivity contribution in [1.29, 1.82) is 0 Å². The number of rotatable bonds is 6. The standard InChI is InChI=1S/C16H23N3O/c1-2-5-14(6-3-1)20-10-9-17-11-13-12-19-16-15(13)7-4-8-18-16/h4,7-8,12,14,17H,1-3,5-6,9-11H2,(H,18,19). The van der Waals surface area contributed by atoms with Gasteiger partial charge in [0.1, 0.15) is 5.65 Å². The zero-order valence-corrected chi connectivity index (χ0v) is 11.9. The summed E-state index contributed by atoms with van der Waals surface area (Å²) in [6, 6.07) is 4.08. The number of aromatic amines is 1. The summed E-state index contributed by atoms with van der Waals surface area (Å²) >= 11 is 0. The van der Waals surface area contributed by atoms with Gasteiger partial charge in [-0.3, -0.25) is 0 Å². The highest BCUT2D eigenvalue weighted by Gasteiger charge is 2.12. The minimum atomic E-state index is 0.503. The molecule has 1 saturated carbocycles. The lowest BCUT2D eigenvalue weighted by atomic mass is 9.98. The molecule has 108 valence electrons. The zero-order valence-electron chi connectivity index (χ0n) is 11.9. The van der Waals surface area contributed by atoms with Crippen molar-refractivity contribution in [2.24, 2.45) is 0 Å². The highest BCUT2D eigenvalue weighted by molar-refractivity contribution is 5.79. The van der Waals surface area contributed by atoms with E-state index in [0.29, 0.717) is 6.10 Å². The molecular formula is C16H23N3O. The van der Waals surface area contributed by atoms with Crippen molar-refractivity contribution < 1.29 is 4.74 Å². The molecular weight excluding hydrogens is 250 g/mol. The summed E-state index contributed by atoms with van der Waals surface area (Å²) in [6.45, 7) is 2.58. The number of hydrogen-bond acceptors (Lipinski definition) is 3. The molecule has 4 heteroatoms. The summed E-state index contributed by atoms with van der Waals surface area (Å²) in [5.41, 5.74) is 2.23. The number of ether oxygens (including phenoxy) is 1. The van der Waals surface area contributed by atoms with Crippen LogP contribution in [0.3, 0.4) is 0 Å². The molecule has 0 spiro atoms. The minimum Gasteiger partial charge on any atom is -0.377 e. The molecule has 0 saturated heterocycles. The summed E-state index contributed by atoms with van der Waals surface area (Å²) in [4.78, 5) is 7.50. The maximum Gasteiger partial charge on any atom is 0.137 e. The Bertz CT molecular complexity index is 531. The first-order valence-corrected chi connectivity index (χ1v) is 7.67. The van der Waals surface area contributed by atoms with E-state index in [0.717, 1.165) is 25.3 Å². The Morgan fingerprint density at radius 3 is 3.10 bits per heavy atom. The van der Waals surface area contributed by atoms with Crippen molar-refractivity contribution in [2.45, 2.75) is 44.8 Å². The molecule has 1 aliphatic rings. The van der Waals surface area contributed by atoms with E-state index in [2.05, 4.69) is 21.4 Å². The second kappa shape index (κ2) is 6.86. The number of pyridine rings is 1. The first-order chi connectivity index (χ1) is 9.93. The molecule has 0 unspecified atom stereocenters. The topological polar surface area (TPSA) is 49.9 Å². The largest absolute Gasteiger partial charge is 0.377 e. The Balaban J connectivity index is 1.39. The van der Waals surface area contributed by atoms with Crippen LogP contribution in [0, 0.1) is 0 Å². The highest BCUT2D eigenvalue weighted by atomic mass is 16.5. The summed E-state index contributed by atoms with van der Waals surface area (Å²) in [6.07, 6.45) is 10.9. The fourth-order valence-corrected chi connectivity index (χ4v) is 2.91. The van der Waals surface area contributed by atoms with Crippen LogP contribution in [0.15, 0.2) is 24.5 Å². The number of fused-ring (bicyclic) bond motifs is 1. The van der Waals surface area contributed by atoms with Crippen molar-refractivity contribution in [3.05, 3.63) is 30.1 Å². The van der Waals surface area contributed by atoms with Gasteiger partial charge >= 0.3 is 0 Å². The van der Waals surface area contributed by atoms with Crippen LogP contribution in [0.1, 0.15) is 37.7 Å². The SMILES string of the molecule is c1cnc2[nH]cc(CNCCOC3CCCCC3)c2c1. The summed E-state index contributed by atoms with van der Waals surface area (Å²) in [7, 11) is 0. The van der Waals surface area contributed by atoms with Gasteiger partial charge in [0, 0.05) is 30.9 Å². The van der Waals surface area contributed by atoms with Crippen molar-refractivity contribution in [3.8, 4) is 0 Å². The van der Waals surface area contributed by atoms with Gasteiger partial charge in [-0.25, -0.2) is 4.98 Å². The van der Waals surface area contributed by atoms with Gasteiger partial charge in [0.2, 0.25) is 0 Å². The van der Waals surface area contributed by atoms with Crippen molar-refractivity contribution in [3.63, 3.8) is 0 Å². The minimum absolute atomic E-state index is 0.503. The molecule has 20 heavy (non-hydrogen) atoms. The van der Waals surface area contributed by atoms with Gasteiger partial charge in [-0.05, 0) is 30.5 Å². The Kier molecular flexibility index (Phi) is 4.66. The van der Waals surface area contributed by atoms with Crippen LogP contribution in [0.5, 0.6) is 0 Å². The predicted molar refractivity (Wildman–Crippen MR) is 80.6 cm³/mol. The van der Waals surface area contributed by atoms with Crippen LogP contribution in [0.25, 0.3) is 11.0 Å². The number of H-pyrrole nitrogens is 1.